The van der Waals surface area contributed by atoms with Crippen LogP contribution in [0.4, 0.5) is 0 Å². The van der Waals surface area contributed by atoms with Crippen molar-refractivity contribution in [3.8, 4) is 11.5 Å². The third-order valence-electron chi connectivity index (χ3n) is 7.72. The number of ether oxygens (including phenoxy) is 3. The van der Waals surface area contributed by atoms with Crippen molar-refractivity contribution in [2.75, 3.05) is 53.0 Å². The van der Waals surface area contributed by atoms with Gasteiger partial charge in [0, 0.05) is 75.7 Å². The van der Waals surface area contributed by atoms with E-state index in [2.05, 4.69) is 39.1 Å². The van der Waals surface area contributed by atoms with Crippen LogP contribution in [0.2, 0.25) is 0 Å². The number of hydrogen-bond donors (Lipinski definition) is 1. The number of morpholine rings is 1. The second-order valence-electron chi connectivity index (χ2n) is 9.84. The molecular formula is C26H31N3O4. The molecule has 0 radical (unpaired) electrons. The molecule has 0 amide bonds. The number of fused-ring (bicyclic) bond motifs is 2. The molecule has 4 aliphatic heterocycles. The van der Waals surface area contributed by atoms with Gasteiger partial charge >= 0.3 is 0 Å². The van der Waals surface area contributed by atoms with E-state index in [9.17, 15) is 5.11 Å². The van der Waals surface area contributed by atoms with Gasteiger partial charge in [0.2, 0.25) is 0 Å². The Morgan fingerprint density at radius 1 is 1.12 bits per heavy atom. The summed E-state index contributed by atoms with van der Waals surface area (Å²) in [6.07, 6.45) is 6.05. The van der Waals surface area contributed by atoms with Gasteiger partial charge in [-0.05, 0) is 35.4 Å². The molecule has 6 rings (SSSR count). The van der Waals surface area contributed by atoms with Crippen molar-refractivity contribution in [3.05, 3.63) is 59.4 Å². The summed E-state index contributed by atoms with van der Waals surface area (Å²) in [7, 11) is 1.67. The Hall–Kier alpha value is -2.45. The molecule has 3 fully saturated rings. The average Bonchev–Trinajstić information content (AvgIpc) is 3.25. The molecule has 4 atom stereocenters. The zero-order valence-electron chi connectivity index (χ0n) is 19.0. The Labute approximate surface area is 194 Å². The Bertz CT molecular complexity index is 1050. The lowest BCUT2D eigenvalue weighted by atomic mass is 9.83. The van der Waals surface area contributed by atoms with E-state index in [1.165, 1.54) is 11.1 Å². The van der Waals surface area contributed by atoms with Crippen molar-refractivity contribution >= 4 is 6.08 Å². The first-order chi connectivity index (χ1) is 16.2. The highest BCUT2D eigenvalue weighted by Crippen LogP contribution is 2.49. The largest absolute Gasteiger partial charge is 0.493 e. The lowest BCUT2D eigenvalue weighted by Crippen LogP contribution is -2.53. The quantitative estimate of drug-likeness (QED) is 0.724. The van der Waals surface area contributed by atoms with Gasteiger partial charge in [0.1, 0.15) is 6.61 Å². The molecule has 3 saturated heterocycles. The Balaban J connectivity index is 1.19. The maximum absolute atomic E-state index is 10.2. The summed E-state index contributed by atoms with van der Waals surface area (Å²) >= 11 is 0. The number of nitrogens with zero attached hydrogens (tertiary/aromatic N) is 3. The van der Waals surface area contributed by atoms with E-state index >= 15 is 0 Å². The van der Waals surface area contributed by atoms with Crippen molar-refractivity contribution in [2.24, 2.45) is 11.8 Å². The van der Waals surface area contributed by atoms with E-state index in [1.54, 1.807) is 7.11 Å². The number of aromatic nitrogens is 1. The summed E-state index contributed by atoms with van der Waals surface area (Å²) in [5.41, 5.74) is 3.39. The van der Waals surface area contributed by atoms with E-state index in [-0.39, 0.29) is 24.2 Å². The molecule has 0 unspecified atom stereocenters. The SMILES string of the molecule is COc1cccc2c1OCC(CN1C[C@@H]3[C@H](CO)[C@H]4CN(Cc5ccncc5)C[C@]3(C1)O4)=C2. The van der Waals surface area contributed by atoms with Gasteiger partial charge in [-0.2, -0.15) is 0 Å². The van der Waals surface area contributed by atoms with Crippen molar-refractivity contribution in [1.82, 2.24) is 14.8 Å². The Kier molecular flexibility index (Phi) is 5.37. The van der Waals surface area contributed by atoms with Crippen molar-refractivity contribution in [3.63, 3.8) is 0 Å². The molecule has 0 saturated carbocycles. The van der Waals surface area contributed by atoms with Gasteiger partial charge in [-0.15, -0.1) is 0 Å². The summed E-state index contributed by atoms with van der Waals surface area (Å²) < 4.78 is 18.2. The monoisotopic (exact) mass is 449 g/mol. The summed E-state index contributed by atoms with van der Waals surface area (Å²) in [6.45, 7) is 6.13. The average molecular weight is 450 g/mol. The van der Waals surface area contributed by atoms with E-state index in [0.717, 1.165) is 56.3 Å². The number of benzene rings is 1. The summed E-state index contributed by atoms with van der Waals surface area (Å²) in [4.78, 5) is 9.13. The molecule has 5 heterocycles. The van der Waals surface area contributed by atoms with Gasteiger partial charge in [-0.25, -0.2) is 0 Å². The minimum Gasteiger partial charge on any atom is -0.493 e. The number of methoxy groups -OCH3 is 1. The first kappa shape index (κ1) is 21.1. The van der Waals surface area contributed by atoms with Crippen LogP contribution in [0, 0.1) is 11.8 Å². The third-order valence-corrected chi connectivity index (χ3v) is 7.72. The molecule has 1 aromatic carbocycles. The van der Waals surface area contributed by atoms with Crippen LogP contribution in [0.25, 0.3) is 6.08 Å². The molecule has 7 heteroatoms. The Morgan fingerprint density at radius 2 is 1.94 bits per heavy atom. The normalized spacial score (nSPS) is 31.0. The van der Waals surface area contributed by atoms with Gasteiger partial charge in [-0.3, -0.25) is 14.8 Å². The minimum atomic E-state index is -0.208. The molecule has 2 aromatic rings. The van der Waals surface area contributed by atoms with Crippen LogP contribution in [0.3, 0.4) is 0 Å². The maximum atomic E-state index is 10.2. The van der Waals surface area contributed by atoms with Crippen LogP contribution < -0.4 is 9.47 Å². The lowest BCUT2D eigenvalue weighted by molar-refractivity contribution is -0.119. The molecule has 1 spiro atoms. The molecule has 7 nitrogen and oxygen atoms in total. The number of para-hydroxylation sites is 1. The van der Waals surface area contributed by atoms with Gasteiger partial charge < -0.3 is 19.3 Å². The number of rotatable bonds is 6. The molecule has 33 heavy (non-hydrogen) atoms. The number of pyridine rings is 1. The number of aliphatic hydroxyl groups is 1. The molecular weight excluding hydrogens is 418 g/mol. The third kappa shape index (κ3) is 3.73. The second-order valence-corrected chi connectivity index (χ2v) is 9.84. The van der Waals surface area contributed by atoms with Crippen LogP contribution in [-0.4, -0.2) is 84.6 Å². The smallest absolute Gasteiger partial charge is 0.168 e. The Morgan fingerprint density at radius 3 is 2.73 bits per heavy atom. The van der Waals surface area contributed by atoms with Crippen LogP contribution in [0.15, 0.2) is 48.3 Å². The fraction of sp³-hybridized carbons (Fsp3) is 0.500. The highest BCUT2D eigenvalue weighted by molar-refractivity contribution is 5.66. The minimum absolute atomic E-state index is 0.106. The van der Waals surface area contributed by atoms with E-state index < -0.39 is 0 Å². The predicted octanol–water partition coefficient (Wildman–Crippen LogP) is 2.06. The standard InChI is InChI=1S/C26H31N3O4/c1-31-23-4-2-3-20-9-19(15-32-25(20)23)11-28-12-22-21(14-30)24-13-29(17-26(22,16-28)33-24)10-18-5-7-27-8-6-18/h2-9,21-22,24,30H,10-17H2,1H3/t21-,22+,24+,26-/m0/s1. The van der Waals surface area contributed by atoms with Crippen molar-refractivity contribution in [1.29, 1.82) is 0 Å². The maximum Gasteiger partial charge on any atom is 0.168 e. The second kappa shape index (κ2) is 8.40. The highest BCUT2D eigenvalue weighted by Gasteiger charge is 2.62. The summed E-state index contributed by atoms with van der Waals surface area (Å²) in [5.74, 6) is 2.15. The van der Waals surface area contributed by atoms with Crippen LogP contribution in [-0.2, 0) is 11.3 Å². The van der Waals surface area contributed by atoms with Gasteiger partial charge in [0.05, 0.1) is 18.8 Å². The molecule has 1 aromatic heterocycles. The number of aliphatic hydroxyl groups excluding tert-OH is 1. The molecule has 1 N–H and O–H groups in total. The van der Waals surface area contributed by atoms with Crippen molar-refractivity contribution < 1.29 is 19.3 Å². The van der Waals surface area contributed by atoms with Gasteiger partial charge in [-0.1, -0.05) is 12.1 Å². The number of hydrogen-bond acceptors (Lipinski definition) is 7. The molecule has 174 valence electrons. The van der Waals surface area contributed by atoms with Crippen LogP contribution in [0.1, 0.15) is 11.1 Å². The molecule has 2 bridgehead atoms. The molecule has 0 aliphatic carbocycles. The predicted molar refractivity (Wildman–Crippen MR) is 124 cm³/mol. The van der Waals surface area contributed by atoms with Crippen molar-refractivity contribution in [2.45, 2.75) is 18.2 Å². The number of likely N-dealkylation sites (tertiary alicyclic amines) is 2. The van der Waals surface area contributed by atoms with Crippen LogP contribution >= 0.6 is 0 Å². The van der Waals surface area contributed by atoms with Gasteiger partial charge in [0.25, 0.3) is 0 Å². The fourth-order valence-electron chi connectivity index (χ4n) is 6.38. The highest BCUT2D eigenvalue weighted by atomic mass is 16.5. The lowest BCUT2D eigenvalue weighted by Gasteiger charge is -2.40. The zero-order valence-corrected chi connectivity index (χ0v) is 19.0. The molecule has 4 aliphatic rings. The van der Waals surface area contributed by atoms with Gasteiger partial charge in [0.15, 0.2) is 11.5 Å². The first-order valence-electron chi connectivity index (χ1n) is 11.8. The first-order valence-corrected chi connectivity index (χ1v) is 11.8. The summed E-state index contributed by atoms with van der Waals surface area (Å²) in [5, 5.41) is 10.2. The summed E-state index contributed by atoms with van der Waals surface area (Å²) in [6, 6.07) is 10.2. The zero-order chi connectivity index (χ0) is 22.4. The van der Waals surface area contributed by atoms with E-state index in [4.69, 9.17) is 14.2 Å². The van der Waals surface area contributed by atoms with E-state index in [0.29, 0.717) is 12.5 Å². The van der Waals surface area contributed by atoms with Crippen LogP contribution in [0.5, 0.6) is 11.5 Å². The topological polar surface area (TPSA) is 67.3 Å². The fourth-order valence-corrected chi connectivity index (χ4v) is 6.38. The van der Waals surface area contributed by atoms with E-state index in [1.807, 2.05) is 24.5 Å².